The Bertz CT molecular complexity index is 425. The monoisotopic (exact) mass is 238 g/mol. The van der Waals surface area contributed by atoms with Gasteiger partial charge < -0.3 is 9.47 Å². The van der Waals surface area contributed by atoms with Crippen LogP contribution >= 0.6 is 0 Å². The van der Waals surface area contributed by atoms with Gasteiger partial charge in [-0.25, -0.2) is 19.2 Å². The Morgan fingerprint density at radius 3 is 1.59 bits per heavy atom. The lowest BCUT2D eigenvalue weighted by Crippen LogP contribution is -2.05. The van der Waals surface area contributed by atoms with Gasteiger partial charge in [-0.3, -0.25) is 0 Å². The molecule has 0 aromatic rings. The Kier molecular flexibility index (Phi) is 3.92. The molecule has 90 valence electrons. The second-order valence-electron chi connectivity index (χ2n) is 3.54. The number of carbonyl (C=O) groups is 4. The summed E-state index contributed by atoms with van der Waals surface area (Å²) in [6.07, 6.45) is 3.41. The van der Waals surface area contributed by atoms with Gasteiger partial charge in [-0.2, -0.15) is 0 Å². The van der Waals surface area contributed by atoms with E-state index in [9.17, 15) is 19.2 Å². The summed E-state index contributed by atoms with van der Waals surface area (Å²) in [6, 6.07) is 0. The molecule has 0 fully saturated rings. The van der Waals surface area contributed by atoms with E-state index in [4.69, 9.17) is 0 Å². The molecule has 0 N–H and O–H groups in total. The molecule has 0 aromatic carbocycles. The van der Waals surface area contributed by atoms with Crippen LogP contribution in [0.5, 0.6) is 0 Å². The van der Waals surface area contributed by atoms with Gasteiger partial charge in [-0.1, -0.05) is 13.8 Å². The van der Waals surface area contributed by atoms with Crippen molar-refractivity contribution in [1.82, 2.24) is 0 Å². The van der Waals surface area contributed by atoms with Gasteiger partial charge in [0.25, 0.3) is 0 Å². The van der Waals surface area contributed by atoms with Crippen LogP contribution in [-0.4, -0.2) is 23.9 Å². The molecule has 6 nitrogen and oxygen atoms in total. The van der Waals surface area contributed by atoms with E-state index in [0.29, 0.717) is 5.57 Å². The summed E-state index contributed by atoms with van der Waals surface area (Å²) in [5.74, 6) is -2.14. The van der Waals surface area contributed by atoms with E-state index in [1.165, 1.54) is 6.08 Å². The minimum atomic E-state index is -0.579. The van der Waals surface area contributed by atoms with E-state index >= 15 is 0 Å². The molecule has 17 heavy (non-hydrogen) atoms. The van der Waals surface area contributed by atoms with Gasteiger partial charge >= 0.3 is 23.9 Å². The van der Waals surface area contributed by atoms with E-state index in [2.05, 4.69) is 9.47 Å². The van der Waals surface area contributed by atoms with Gasteiger partial charge in [0, 0.05) is 23.8 Å². The highest BCUT2D eigenvalue weighted by Crippen LogP contribution is 2.16. The standard InChI is InChI=1S/C7H8O3.C4H2O3/c1-4(2)5-3-6(8)10-7(5)9;5-3-1-2-4(6)7-3/h3-4H,1-2H3;1-2H. The van der Waals surface area contributed by atoms with Crippen LogP contribution in [0, 0.1) is 5.92 Å². The maximum Gasteiger partial charge on any atom is 0.342 e. The highest BCUT2D eigenvalue weighted by molar-refractivity contribution is 6.09. The Morgan fingerprint density at radius 2 is 1.41 bits per heavy atom. The van der Waals surface area contributed by atoms with Crippen molar-refractivity contribution in [2.45, 2.75) is 13.8 Å². The first-order chi connectivity index (χ1) is 7.90. The number of esters is 4. The first kappa shape index (κ1) is 12.8. The van der Waals surface area contributed by atoms with Gasteiger partial charge in [0.05, 0.1) is 0 Å². The Labute approximate surface area is 96.9 Å². The van der Waals surface area contributed by atoms with Gasteiger partial charge in [-0.15, -0.1) is 0 Å². The summed E-state index contributed by atoms with van der Waals surface area (Å²) < 4.78 is 8.24. The van der Waals surface area contributed by atoms with Crippen molar-refractivity contribution in [2.24, 2.45) is 5.92 Å². The van der Waals surface area contributed by atoms with Crippen molar-refractivity contribution in [3.63, 3.8) is 0 Å². The first-order valence-electron chi connectivity index (χ1n) is 4.81. The maximum atomic E-state index is 10.7. The van der Waals surface area contributed by atoms with Crippen LogP contribution in [0.4, 0.5) is 0 Å². The summed E-state index contributed by atoms with van der Waals surface area (Å²) in [5.41, 5.74) is 0.463. The molecule has 0 aliphatic carbocycles. The lowest BCUT2D eigenvalue weighted by atomic mass is 10.1. The number of rotatable bonds is 1. The molecule has 2 aliphatic rings. The third kappa shape index (κ3) is 3.67. The van der Waals surface area contributed by atoms with Crippen molar-refractivity contribution >= 4 is 23.9 Å². The normalized spacial score (nSPS) is 17.7. The highest BCUT2D eigenvalue weighted by Gasteiger charge is 2.25. The van der Waals surface area contributed by atoms with Gasteiger partial charge in [-0.05, 0) is 5.92 Å². The molecule has 2 aliphatic heterocycles. The molecule has 0 atom stereocenters. The maximum absolute atomic E-state index is 10.7. The fourth-order valence-corrected chi connectivity index (χ4v) is 1.07. The topological polar surface area (TPSA) is 86.7 Å². The molecule has 0 radical (unpaired) electrons. The van der Waals surface area contributed by atoms with Gasteiger partial charge in [0.2, 0.25) is 0 Å². The highest BCUT2D eigenvalue weighted by atomic mass is 16.6. The second kappa shape index (κ2) is 5.20. The van der Waals surface area contributed by atoms with Crippen LogP contribution in [0.3, 0.4) is 0 Å². The number of hydrogen-bond acceptors (Lipinski definition) is 6. The summed E-state index contributed by atoms with van der Waals surface area (Å²) >= 11 is 0. The quantitative estimate of drug-likeness (QED) is 0.481. The fraction of sp³-hybridized carbons (Fsp3) is 0.273. The van der Waals surface area contributed by atoms with Crippen molar-refractivity contribution in [3.05, 3.63) is 23.8 Å². The van der Waals surface area contributed by atoms with Crippen molar-refractivity contribution in [2.75, 3.05) is 0 Å². The number of carbonyl (C=O) groups excluding carboxylic acids is 4. The summed E-state index contributed by atoms with van der Waals surface area (Å²) in [5, 5.41) is 0. The fourth-order valence-electron chi connectivity index (χ4n) is 1.07. The third-order valence-corrected chi connectivity index (χ3v) is 1.88. The van der Waals surface area contributed by atoms with Crippen molar-refractivity contribution in [3.8, 4) is 0 Å². The smallest absolute Gasteiger partial charge is 0.342 e. The van der Waals surface area contributed by atoms with E-state index in [0.717, 1.165) is 12.2 Å². The van der Waals surface area contributed by atoms with Gasteiger partial charge in [0.15, 0.2) is 0 Å². The minimum absolute atomic E-state index is 0.0685. The molecule has 0 saturated carbocycles. The lowest BCUT2D eigenvalue weighted by Gasteiger charge is -1.99. The predicted octanol–water partition coefficient (Wildman–Crippen LogP) is 0.278. The van der Waals surface area contributed by atoms with Crippen LogP contribution in [-0.2, 0) is 28.7 Å². The van der Waals surface area contributed by atoms with Crippen LogP contribution in [0.2, 0.25) is 0 Å². The van der Waals surface area contributed by atoms with E-state index in [1.807, 2.05) is 13.8 Å². The zero-order valence-corrected chi connectivity index (χ0v) is 9.26. The molecule has 0 aromatic heterocycles. The molecule has 0 unspecified atom stereocenters. The summed E-state index contributed by atoms with van der Waals surface area (Å²) in [4.78, 5) is 41.0. The number of cyclic esters (lactones) is 4. The Hall–Kier alpha value is -2.24. The molecule has 2 heterocycles. The average Bonchev–Trinajstić information content (AvgIpc) is 2.73. The van der Waals surface area contributed by atoms with Crippen molar-refractivity contribution in [1.29, 1.82) is 0 Å². The van der Waals surface area contributed by atoms with Crippen LogP contribution in [0.15, 0.2) is 23.8 Å². The summed E-state index contributed by atoms with van der Waals surface area (Å²) in [7, 11) is 0. The molecular formula is C11H10O6. The lowest BCUT2D eigenvalue weighted by molar-refractivity contribution is -0.152. The predicted molar refractivity (Wildman–Crippen MR) is 54.3 cm³/mol. The van der Waals surface area contributed by atoms with Crippen molar-refractivity contribution < 1.29 is 28.7 Å². The average molecular weight is 238 g/mol. The second-order valence-corrected chi connectivity index (χ2v) is 3.54. The minimum Gasteiger partial charge on any atom is -0.387 e. The number of ether oxygens (including phenoxy) is 2. The zero-order chi connectivity index (χ0) is 13.0. The Morgan fingerprint density at radius 1 is 0.882 bits per heavy atom. The zero-order valence-electron chi connectivity index (χ0n) is 9.26. The molecule has 0 saturated heterocycles. The van der Waals surface area contributed by atoms with Crippen LogP contribution in [0.25, 0.3) is 0 Å². The van der Waals surface area contributed by atoms with Crippen LogP contribution < -0.4 is 0 Å². The first-order valence-corrected chi connectivity index (χ1v) is 4.81. The molecular weight excluding hydrogens is 228 g/mol. The SMILES string of the molecule is CC(C)C1=CC(=O)OC1=O.O=C1C=CC(=O)O1. The summed E-state index contributed by atoms with van der Waals surface area (Å²) in [6.45, 7) is 3.68. The van der Waals surface area contributed by atoms with E-state index < -0.39 is 23.9 Å². The van der Waals surface area contributed by atoms with E-state index in [1.54, 1.807) is 0 Å². The molecule has 2 rings (SSSR count). The largest absolute Gasteiger partial charge is 0.387 e. The van der Waals surface area contributed by atoms with Crippen LogP contribution in [0.1, 0.15) is 13.8 Å². The van der Waals surface area contributed by atoms with E-state index in [-0.39, 0.29) is 5.92 Å². The molecule has 0 bridgehead atoms. The molecule has 0 spiro atoms. The van der Waals surface area contributed by atoms with Gasteiger partial charge in [0.1, 0.15) is 0 Å². The Balaban J connectivity index is 0.000000181. The molecule has 0 amide bonds. The third-order valence-electron chi connectivity index (χ3n) is 1.88. The number of hydrogen-bond donors (Lipinski definition) is 0. The molecule has 6 heteroatoms.